The largest absolute Gasteiger partial charge is 0.472 e. The second-order valence-corrected chi connectivity index (χ2v) is 12.0. The van der Waals surface area contributed by atoms with Crippen LogP contribution in [0.2, 0.25) is 0 Å². The Kier molecular flexibility index (Phi) is 4.21. The zero-order chi connectivity index (χ0) is 23.4. The Bertz CT molecular complexity index is 1080. The summed E-state index contributed by atoms with van der Waals surface area (Å²) >= 11 is 0. The third-order valence-electron chi connectivity index (χ3n) is 10.5. The molecule has 5 nitrogen and oxygen atoms in total. The molecule has 5 aliphatic rings. The molecule has 1 aromatic rings. The summed E-state index contributed by atoms with van der Waals surface area (Å²) in [5.41, 5.74) is 1.23. The fraction of sp³-hybridized carbons (Fsp3) is 0.643. The van der Waals surface area contributed by atoms with E-state index in [1.165, 1.54) is 18.1 Å². The van der Waals surface area contributed by atoms with Gasteiger partial charge in [-0.15, -0.1) is 0 Å². The molecular formula is C28H34O5. The number of carbonyl (C=O) groups excluding carboxylic acids is 2. The van der Waals surface area contributed by atoms with E-state index in [4.69, 9.17) is 13.9 Å². The van der Waals surface area contributed by atoms with Crippen molar-refractivity contribution < 1.29 is 23.5 Å². The van der Waals surface area contributed by atoms with Gasteiger partial charge in [-0.25, -0.2) is 0 Å². The van der Waals surface area contributed by atoms with Crippen LogP contribution in [0.15, 0.2) is 46.8 Å². The summed E-state index contributed by atoms with van der Waals surface area (Å²) in [6.07, 6.45) is 12.0. The lowest BCUT2D eigenvalue weighted by Crippen LogP contribution is -2.69. The van der Waals surface area contributed by atoms with Crippen molar-refractivity contribution in [3.8, 4) is 0 Å². The van der Waals surface area contributed by atoms with Crippen molar-refractivity contribution in [3.63, 3.8) is 0 Å². The van der Waals surface area contributed by atoms with Crippen LogP contribution >= 0.6 is 0 Å². The number of fused-ring (bicyclic) bond motifs is 4. The minimum absolute atomic E-state index is 0.000884. The smallest absolute Gasteiger partial charge is 0.303 e. The molecule has 1 aliphatic heterocycles. The summed E-state index contributed by atoms with van der Waals surface area (Å²) in [6.45, 7) is 11.0. The molecular weight excluding hydrogens is 416 g/mol. The van der Waals surface area contributed by atoms with Gasteiger partial charge in [0.25, 0.3) is 0 Å². The van der Waals surface area contributed by atoms with E-state index >= 15 is 0 Å². The van der Waals surface area contributed by atoms with Crippen molar-refractivity contribution in [2.45, 2.75) is 72.0 Å². The Labute approximate surface area is 195 Å². The van der Waals surface area contributed by atoms with Crippen LogP contribution in [0.3, 0.4) is 0 Å². The van der Waals surface area contributed by atoms with Crippen molar-refractivity contribution in [2.24, 2.45) is 33.5 Å². The van der Waals surface area contributed by atoms with Crippen molar-refractivity contribution in [3.05, 3.63) is 48.0 Å². The third kappa shape index (κ3) is 2.42. The van der Waals surface area contributed by atoms with Crippen LogP contribution in [-0.4, -0.2) is 30.6 Å². The first-order chi connectivity index (χ1) is 15.6. The molecule has 0 aromatic carbocycles. The van der Waals surface area contributed by atoms with E-state index in [1.807, 2.05) is 12.3 Å². The molecule has 0 spiro atoms. The quantitative estimate of drug-likeness (QED) is 0.456. The average molecular weight is 451 g/mol. The highest BCUT2D eigenvalue weighted by Crippen LogP contribution is 2.74. The monoisotopic (exact) mass is 450 g/mol. The van der Waals surface area contributed by atoms with E-state index < -0.39 is 16.9 Å². The number of ether oxygens (including phenoxy) is 2. The maximum atomic E-state index is 13.7. The second-order valence-electron chi connectivity index (χ2n) is 12.0. The molecule has 0 amide bonds. The molecule has 2 heterocycles. The molecule has 4 aliphatic carbocycles. The summed E-state index contributed by atoms with van der Waals surface area (Å²) < 4.78 is 18.1. The highest BCUT2D eigenvalue weighted by Gasteiger charge is 2.75. The predicted molar refractivity (Wildman–Crippen MR) is 122 cm³/mol. The first kappa shape index (κ1) is 21.4. The number of furan rings is 1. The number of ketones is 1. The maximum absolute atomic E-state index is 13.7. The normalized spacial score (nSPS) is 49.8. The minimum Gasteiger partial charge on any atom is -0.472 e. The molecule has 176 valence electrons. The average Bonchev–Trinajstić information content (AvgIpc) is 3.46. The lowest BCUT2D eigenvalue weighted by Gasteiger charge is -2.66. The van der Waals surface area contributed by atoms with Crippen LogP contribution < -0.4 is 0 Å². The van der Waals surface area contributed by atoms with Gasteiger partial charge in [0.1, 0.15) is 12.2 Å². The molecule has 33 heavy (non-hydrogen) atoms. The zero-order valence-electron chi connectivity index (χ0n) is 20.2. The fourth-order valence-corrected chi connectivity index (χ4v) is 9.22. The number of esters is 1. The standard InChI is InChI=1S/C28H34O5/c1-16(29)33-24-22-23-25(2,15-32-22)11-9-21(30)28(23,5)20-8-12-26(3)18(17-10-13-31-14-17)6-7-19(26)27(20,24)4/h7,9-11,13-14,18,20,22-24H,6,8,12,15H2,1-5H3. The molecule has 0 radical (unpaired) electrons. The lowest BCUT2D eigenvalue weighted by atomic mass is 9.38. The van der Waals surface area contributed by atoms with Gasteiger partial charge in [-0.2, -0.15) is 0 Å². The van der Waals surface area contributed by atoms with E-state index in [9.17, 15) is 9.59 Å². The molecule has 1 aromatic heterocycles. The van der Waals surface area contributed by atoms with E-state index in [0.717, 1.165) is 19.3 Å². The molecule has 5 heteroatoms. The van der Waals surface area contributed by atoms with Crippen LogP contribution in [0.1, 0.15) is 65.4 Å². The van der Waals surface area contributed by atoms with Gasteiger partial charge < -0.3 is 13.9 Å². The van der Waals surface area contributed by atoms with Crippen LogP contribution in [-0.2, 0) is 19.1 Å². The Morgan fingerprint density at radius 2 is 1.97 bits per heavy atom. The van der Waals surface area contributed by atoms with Gasteiger partial charge in [0, 0.05) is 29.1 Å². The SMILES string of the molecule is CC(=O)OC1C2OCC3(C)C=CC(=O)C(C)(C23)C2CCC3(C)C(=CCC3c3ccoc3)C12C. The Balaban J connectivity index is 1.54. The first-order valence-corrected chi connectivity index (χ1v) is 12.3. The summed E-state index contributed by atoms with van der Waals surface area (Å²) in [4.78, 5) is 26.1. The first-order valence-electron chi connectivity index (χ1n) is 12.3. The Hall–Kier alpha value is -2.14. The number of rotatable bonds is 2. The van der Waals surface area contributed by atoms with Gasteiger partial charge in [-0.1, -0.05) is 45.4 Å². The highest BCUT2D eigenvalue weighted by atomic mass is 16.6. The molecule has 1 saturated heterocycles. The summed E-state index contributed by atoms with van der Waals surface area (Å²) in [6, 6.07) is 2.07. The third-order valence-corrected chi connectivity index (χ3v) is 10.5. The molecule has 0 N–H and O–H groups in total. The lowest BCUT2D eigenvalue weighted by molar-refractivity contribution is -0.214. The topological polar surface area (TPSA) is 65.7 Å². The number of allylic oxidation sites excluding steroid dienone is 2. The Morgan fingerprint density at radius 3 is 2.67 bits per heavy atom. The fourth-order valence-electron chi connectivity index (χ4n) is 9.22. The summed E-state index contributed by atoms with van der Waals surface area (Å²) in [5.74, 6) is 0.323. The zero-order valence-corrected chi connectivity index (χ0v) is 20.2. The van der Waals surface area contributed by atoms with E-state index in [2.05, 4.69) is 39.8 Å². The van der Waals surface area contributed by atoms with E-state index in [-0.39, 0.29) is 40.5 Å². The van der Waals surface area contributed by atoms with Crippen molar-refractivity contribution in [1.29, 1.82) is 0 Å². The van der Waals surface area contributed by atoms with E-state index in [1.54, 1.807) is 12.3 Å². The Morgan fingerprint density at radius 1 is 1.18 bits per heavy atom. The molecule has 3 fully saturated rings. The molecule has 2 saturated carbocycles. The van der Waals surface area contributed by atoms with E-state index in [0.29, 0.717) is 12.5 Å². The van der Waals surface area contributed by atoms with Gasteiger partial charge in [0.2, 0.25) is 0 Å². The van der Waals surface area contributed by atoms with Gasteiger partial charge in [-0.05, 0) is 54.2 Å². The molecule has 0 bridgehead atoms. The number of carbonyl (C=O) groups is 2. The van der Waals surface area contributed by atoms with Gasteiger partial charge in [0.15, 0.2) is 5.78 Å². The molecule has 9 unspecified atom stereocenters. The van der Waals surface area contributed by atoms with Gasteiger partial charge in [0.05, 0.1) is 19.1 Å². The molecule has 6 rings (SSSR count). The van der Waals surface area contributed by atoms with Crippen LogP contribution in [0.4, 0.5) is 0 Å². The van der Waals surface area contributed by atoms with Crippen LogP contribution in [0, 0.1) is 33.5 Å². The van der Waals surface area contributed by atoms with Crippen molar-refractivity contribution in [2.75, 3.05) is 6.61 Å². The second kappa shape index (κ2) is 6.50. The maximum Gasteiger partial charge on any atom is 0.303 e. The molecule has 9 atom stereocenters. The van der Waals surface area contributed by atoms with Crippen LogP contribution in [0.25, 0.3) is 0 Å². The van der Waals surface area contributed by atoms with Gasteiger partial charge in [-0.3, -0.25) is 9.59 Å². The minimum atomic E-state index is -0.550. The summed E-state index contributed by atoms with van der Waals surface area (Å²) in [7, 11) is 0. The van der Waals surface area contributed by atoms with Crippen molar-refractivity contribution >= 4 is 11.8 Å². The number of hydrogen-bond donors (Lipinski definition) is 0. The number of hydrogen-bond acceptors (Lipinski definition) is 5. The highest BCUT2D eigenvalue weighted by molar-refractivity contribution is 5.97. The summed E-state index contributed by atoms with van der Waals surface area (Å²) in [5, 5.41) is 0. The van der Waals surface area contributed by atoms with Crippen molar-refractivity contribution in [1.82, 2.24) is 0 Å². The van der Waals surface area contributed by atoms with Gasteiger partial charge >= 0.3 is 5.97 Å². The predicted octanol–water partition coefficient (Wildman–Crippen LogP) is 5.23. The van der Waals surface area contributed by atoms with Crippen LogP contribution in [0.5, 0.6) is 0 Å².